The Bertz CT molecular complexity index is 259. The number of hydrogen-bond acceptors (Lipinski definition) is 2. The van der Waals surface area contributed by atoms with Gasteiger partial charge in [0.2, 0.25) is 0 Å². The molecule has 1 rings (SSSR count). The molecule has 1 N–H and O–H groups in total. The van der Waals surface area contributed by atoms with Gasteiger partial charge in [-0.15, -0.1) is 0 Å². The van der Waals surface area contributed by atoms with Crippen LogP contribution in [0.25, 0.3) is 0 Å². The lowest BCUT2D eigenvalue weighted by atomic mass is 9.87. The van der Waals surface area contributed by atoms with Gasteiger partial charge >= 0.3 is 5.97 Å². The maximum atomic E-state index is 10.7. The molecule has 3 nitrogen and oxygen atoms in total. The largest absolute Gasteiger partial charge is 0.481 e. The molecule has 0 spiro atoms. The second-order valence-electron chi connectivity index (χ2n) is 3.50. The molecular formula is C9H12O3. The van der Waals surface area contributed by atoms with Crippen molar-refractivity contribution < 1.29 is 14.3 Å². The van der Waals surface area contributed by atoms with E-state index in [-0.39, 0.29) is 0 Å². The maximum Gasteiger partial charge on any atom is 0.309 e. The highest BCUT2D eigenvalue weighted by atomic mass is 16.4. The summed E-state index contributed by atoms with van der Waals surface area (Å²) in [5.74, 6) is -0.788. The van der Waals surface area contributed by atoms with Crippen molar-refractivity contribution in [2.75, 3.05) is 0 Å². The van der Waals surface area contributed by atoms with Crippen LogP contribution in [-0.4, -0.2) is 11.1 Å². The van der Waals surface area contributed by atoms with Crippen molar-refractivity contribution >= 4 is 5.97 Å². The van der Waals surface area contributed by atoms with Gasteiger partial charge in [0.1, 0.15) is 0 Å². The Morgan fingerprint density at radius 3 is 2.75 bits per heavy atom. The van der Waals surface area contributed by atoms with Crippen LogP contribution in [-0.2, 0) is 11.2 Å². The molecule has 0 bridgehead atoms. The topological polar surface area (TPSA) is 50.4 Å². The number of rotatable bonds is 3. The van der Waals surface area contributed by atoms with Gasteiger partial charge in [-0.3, -0.25) is 4.79 Å². The Hall–Kier alpha value is -1.25. The molecule has 0 aliphatic rings. The highest BCUT2D eigenvalue weighted by Crippen LogP contribution is 2.21. The van der Waals surface area contributed by atoms with E-state index < -0.39 is 11.4 Å². The van der Waals surface area contributed by atoms with Crippen molar-refractivity contribution in [2.24, 2.45) is 5.41 Å². The highest BCUT2D eigenvalue weighted by Gasteiger charge is 2.27. The van der Waals surface area contributed by atoms with Crippen LogP contribution in [0.4, 0.5) is 0 Å². The minimum Gasteiger partial charge on any atom is -0.481 e. The Kier molecular flexibility index (Phi) is 2.22. The third-order valence-electron chi connectivity index (χ3n) is 1.81. The molecule has 0 aliphatic carbocycles. The minimum absolute atomic E-state index is 0.499. The molecule has 1 aromatic rings. The molecule has 0 saturated carbocycles. The van der Waals surface area contributed by atoms with Crippen LogP contribution in [0.15, 0.2) is 23.0 Å². The van der Waals surface area contributed by atoms with Crippen LogP contribution in [0.5, 0.6) is 0 Å². The van der Waals surface area contributed by atoms with Gasteiger partial charge in [0.15, 0.2) is 0 Å². The third-order valence-corrected chi connectivity index (χ3v) is 1.81. The lowest BCUT2D eigenvalue weighted by Crippen LogP contribution is -2.25. The SMILES string of the molecule is CC(C)(Cc1ccoc1)C(=O)O. The molecule has 1 heterocycles. The van der Waals surface area contributed by atoms with Gasteiger partial charge in [0.05, 0.1) is 17.9 Å². The van der Waals surface area contributed by atoms with Crippen LogP contribution in [0.3, 0.4) is 0 Å². The second-order valence-corrected chi connectivity index (χ2v) is 3.50. The average Bonchev–Trinajstić information content (AvgIpc) is 2.38. The molecule has 12 heavy (non-hydrogen) atoms. The van der Waals surface area contributed by atoms with Crippen LogP contribution < -0.4 is 0 Å². The average molecular weight is 168 g/mol. The molecule has 0 aliphatic heterocycles. The normalized spacial score (nSPS) is 11.5. The Morgan fingerprint density at radius 2 is 2.33 bits per heavy atom. The van der Waals surface area contributed by atoms with Crippen LogP contribution in [0.2, 0.25) is 0 Å². The van der Waals surface area contributed by atoms with Crippen molar-refractivity contribution in [2.45, 2.75) is 20.3 Å². The molecule has 0 aromatic carbocycles. The van der Waals surface area contributed by atoms with Crippen LogP contribution in [0, 0.1) is 5.41 Å². The first kappa shape index (κ1) is 8.84. The van der Waals surface area contributed by atoms with E-state index in [2.05, 4.69) is 0 Å². The predicted molar refractivity (Wildman–Crippen MR) is 43.8 cm³/mol. The summed E-state index contributed by atoms with van der Waals surface area (Å²) in [6.07, 6.45) is 3.62. The molecular weight excluding hydrogens is 156 g/mol. The van der Waals surface area contributed by atoms with Gasteiger partial charge in [-0.25, -0.2) is 0 Å². The summed E-state index contributed by atoms with van der Waals surface area (Å²) in [6.45, 7) is 3.39. The number of aliphatic carboxylic acids is 1. The van der Waals surface area contributed by atoms with Gasteiger partial charge in [0, 0.05) is 0 Å². The van der Waals surface area contributed by atoms with Gasteiger partial charge in [0.25, 0.3) is 0 Å². The summed E-state index contributed by atoms with van der Waals surface area (Å²) >= 11 is 0. The predicted octanol–water partition coefficient (Wildman–Crippen LogP) is 1.93. The lowest BCUT2D eigenvalue weighted by Gasteiger charge is -2.17. The van der Waals surface area contributed by atoms with Crippen molar-refractivity contribution in [3.05, 3.63) is 24.2 Å². The maximum absolute atomic E-state index is 10.7. The van der Waals surface area contributed by atoms with Crippen molar-refractivity contribution in [1.82, 2.24) is 0 Å². The monoisotopic (exact) mass is 168 g/mol. The number of carboxylic acids is 1. The molecule has 0 unspecified atom stereocenters. The van der Waals surface area contributed by atoms with Gasteiger partial charge in [-0.2, -0.15) is 0 Å². The van der Waals surface area contributed by atoms with E-state index in [4.69, 9.17) is 9.52 Å². The fourth-order valence-corrected chi connectivity index (χ4v) is 0.979. The molecule has 0 atom stereocenters. The number of carboxylic acid groups (broad SMARTS) is 1. The third kappa shape index (κ3) is 1.87. The van der Waals surface area contributed by atoms with E-state index in [0.29, 0.717) is 6.42 Å². The number of hydrogen-bond donors (Lipinski definition) is 1. The minimum atomic E-state index is -0.788. The quantitative estimate of drug-likeness (QED) is 0.750. The first-order valence-corrected chi connectivity index (χ1v) is 3.77. The molecule has 0 saturated heterocycles. The van der Waals surface area contributed by atoms with Gasteiger partial charge < -0.3 is 9.52 Å². The van der Waals surface area contributed by atoms with Crippen molar-refractivity contribution in [1.29, 1.82) is 0 Å². The number of carbonyl (C=O) groups is 1. The molecule has 0 fully saturated rings. The number of furan rings is 1. The smallest absolute Gasteiger partial charge is 0.309 e. The van der Waals surface area contributed by atoms with E-state index in [9.17, 15) is 4.79 Å². The fourth-order valence-electron chi connectivity index (χ4n) is 0.979. The van der Waals surface area contributed by atoms with Gasteiger partial charge in [-0.1, -0.05) is 0 Å². The molecule has 0 amide bonds. The van der Waals surface area contributed by atoms with E-state index in [1.54, 1.807) is 32.4 Å². The zero-order valence-corrected chi connectivity index (χ0v) is 7.20. The van der Waals surface area contributed by atoms with E-state index in [1.807, 2.05) is 0 Å². The summed E-state index contributed by atoms with van der Waals surface area (Å²) < 4.78 is 4.85. The lowest BCUT2D eigenvalue weighted by molar-refractivity contribution is -0.146. The zero-order valence-electron chi connectivity index (χ0n) is 7.20. The van der Waals surface area contributed by atoms with Crippen molar-refractivity contribution in [3.8, 4) is 0 Å². The Labute approximate surface area is 71.0 Å². The molecule has 0 radical (unpaired) electrons. The van der Waals surface area contributed by atoms with Crippen LogP contribution >= 0.6 is 0 Å². The molecule has 3 heteroatoms. The Morgan fingerprint density at radius 1 is 1.67 bits per heavy atom. The molecule has 1 aromatic heterocycles. The van der Waals surface area contributed by atoms with E-state index in [1.165, 1.54) is 0 Å². The fraction of sp³-hybridized carbons (Fsp3) is 0.444. The standard InChI is InChI=1S/C9H12O3/c1-9(2,8(10)11)5-7-3-4-12-6-7/h3-4,6H,5H2,1-2H3,(H,10,11). The summed E-state index contributed by atoms with van der Waals surface area (Å²) in [6, 6.07) is 1.78. The van der Waals surface area contributed by atoms with Gasteiger partial charge in [-0.05, 0) is 31.9 Å². The zero-order chi connectivity index (χ0) is 9.19. The first-order valence-electron chi connectivity index (χ1n) is 3.77. The van der Waals surface area contributed by atoms with E-state index in [0.717, 1.165) is 5.56 Å². The summed E-state index contributed by atoms with van der Waals surface area (Å²) in [7, 11) is 0. The van der Waals surface area contributed by atoms with E-state index >= 15 is 0 Å². The second kappa shape index (κ2) is 3.01. The first-order chi connectivity index (χ1) is 5.52. The van der Waals surface area contributed by atoms with Crippen molar-refractivity contribution in [3.63, 3.8) is 0 Å². The Balaban J connectivity index is 2.69. The highest BCUT2D eigenvalue weighted by molar-refractivity contribution is 5.73. The summed E-state index contributed by atoms with van der Waals surface area (Å²) in [5.41, 5.74) is 0.201. The molecule has 66 valence electrons. The summed E-state index contributed by atoms with van der Waals surface area (Å²) in [5, 5.41) is 8.81. The van der Waals surface area contributed by atoms with Crippen LogP contribution in [0.1, 0.15) is 19.4 Å². The summed E-state index contributed by atoms with van der Waals surface area (Å²) in [4.78, 5) is 10.7.